The molecule has 0 spiro atoms. The number of esters is 1. The lowest BCUT2D eigenvalue weighted by Gasteiger charge is -2.37. The molecule has 0 aromatic carbocycles. The van der Waals surface area contributed by atoms with E-state index in [2.05, 4.69) is 0 Å². The Morgan fingerprint density at radius 2 is 1.86 bits per heavy atom. The molecule has 4 nitrogen and oxygen atoms in total. The standard InChI is InChI=1S/C10H16O4/c1-13-8(11)9(2-3-9)10(12)4-6-14-7-5-10/h12H,2-7H2,1H3. The highest BCUT2D eigenvalue weighted by molar-refractivity contribution is 5.81. The highest BCUT2D eigenvalue weighted by atomic mass is 16.5. The third kappa shape index (κ3) is 1.25. The van der Waals surface area contributed by atoms with Gasteiger partial charge in [-0.3, -0.25) is 4.79 Å². The zero-order valence-electron chi connectivity index (χ0n) is 8.41. The summed E-state index contributed by atoms with van der Waals surface area (Å²) in [6.07, 6.45) is 2.58. The van der Waals surface area contributed by atoms with Crippen LogP contribution in [0.3, 0.4) is 0 Å². The molecule has 2 aliphatic rings. The maximum absolute atomic E-state index is 11.6. The first-order chi connectivity index (χ1) is 6.65. The van der Waals surface area contributed by atoms with E-state index in [9.17, 15) is 9.90 Å². The van der Waals surface area contributed by atoms with Gasteiger partial charge in [0.2, 0.25) is 0 Å². The van der Waals surface area contributed by atoms with Crippen molar-refractivity contribution in [1.82, 2.24) is 0 Å². The van der Waals surface area contributed by atoms with Crippen LogP contribution in [0.4, 0.5) is 0 Å². The number of hydrogen-bond donors (Lipinski definition) is 1. The minimum Gasteiger partial charge on any atom is -0.469 e. The van der Waals surface area contributed by atoms with Crippen LogP contribution in [0.2, 0.25) is 0 Å². The molecule has 0 radical (unpaired) electrons. The molecule has 0 aromatic rings. The molecule has 0 bridgehead atoms. The molecular formula is C10H16O4. The molecule has 14 heavy (non-hydrogen) atoms. The Morgan fingerprint density at radius 3 is 2.29 bits per heavy atom. The van der Waals surface area contributed by atoms with E-state index in [1.807, 2.05) is 0 Å². The average molecular weight is 200 g/mol. The number of carbonyl (C=O) groups excluding carboxylic acids is 1. The molecule has 1 saturated heterocycles. The Bertz CT molecular complexity index is 239. The largest absolute Gasteiger partial charge is 0.469 e. The molecule has 0 unspecified atom stereocenters. The second-order valence-corrected chi connectivity index (χ2v) is 4.22. The smallest absolute Gasteiger partial charge is 0.314 e. The number of ether oxygens (including phenoxy) is 2. The lowest BCUT2D eigenvalue weighted by atomic mass is 9.78. The number of methoxy groups -OCH3 is 1. The van der Waals surface area contributed by atoms with Crippen molar-refractivity contribution < 1.29 is 19.4 Å². The summed E-state index contributed by atoms with van der Waals surface area (Å²) in [5.74, 6) is -0.262. The van der Waals surface area contributed by atoms with E-state index < -0.39 is 11.0 Å². The quantitative estimate of drug-likeness (QED) is 0.659. The predicted molar refractivity (Wildman–Crippen MR) is 48.7 cm³/mol. The SMILES string of the molecule is COC(=O)C1(C2(O)CCOCC2)CC1. The highest BCUT2D eigenvalue weighted by Crippen LogP contribution is 2.58. The molecule has 2 rings (SSSR count). The van der Waals surface area contributed by atoms with E-state index in [0.717, 1.165) is 12.8 Å². The van der Waals surface area contributed by atoms with E-state index in [1.165, 1.54) is 7.11 Å². The number of carbonyl (C=O) groups is 1. The fraction of sp³-hybridized carbons (Fsp3) is 0.900. The zero-order chi connectivity index (χ0) is 10.2. The highest BCUT2D eigenvalue weighted by Gasteiger charge is 2.64. The number of rotatable bonds is 2. The van der Waals surface area contributed by atoms with Crippen LogP contribution in [0.15, 0.2) is 0 Å². The van der Waals surface area contributed by atoms with Gasteiger partial charge in [-0.25, -0.2) is 0 Å². The predicted octanol–water partition coefficient (Wildman–Crippen LogP) is 0.481. The van der Waals surface area contributed by atoms with Crippen molar-refractivity contribution in [2.75, 3.05) is 20.3 Å². The summed E-state index contributed by atoms with van der Waals surface area (Å²) in [4.78, 5) is 11.6. The summed E-state index contributed by atoms with van der Waals surface area (Å²) in [7, 11) is 1.38. The van der Waals surface area contributed by atoms with Gasteiger partial charge in [-0.05, 0) is 12.8 Å². The van der Waals surface area contributed by atoms with Crippen LogP contribution in [0.25, 0.3) is 0 Å². The molecule has 0 aromatic heterocycles. The molecule has 1 aliphatic heterocycles. The fourth-order valence-electron chi connectivity index (χ4n) is 2.37. The van der Waals surface area contributed by atoms with Crippen molar-refractivity contribution in [2.45, 2.75) is 31.3 Å². The van der Waals surface area contributed by atoms with Crippen molar-refractivity contribution in [3.8, 4) is 0 Å². The summed E-state index contributed by atoms with van der Waals surface area (Å²) in [5.41, 5.74) is -1.51. The van der Waals surface area contributed by atoms with Gasteiger partial charge in [-0.1, -0.05) is 0 Å². The molecule has 1 N–H and O–H groups in total. The van der Waals surface area contributed by atoms with Gasteiger partial charge in [0.1, 0.15) is 0 Å². The molecular weight excluding hydrogens is 184 g/mol. The molecule has 0 amide bonds. The van der Waals surface area contributed by atoms with Gasteiger partial charge in [0.05, 0.1) is 18.1 Å². The Balaban J connectivity index is 2.15. The number of hydrogen-bond acceptors (Lipinski definition) is 4. The molecule has 1 heterocycles. The zero-order valence-corrected chi connectivity index (χ0v) is 8.41. The topological polar surface area (TPSA) is 55.8 Å². The van der Waals surface area contributed by atoms with Gasteiger partial charge < -0.3 is 14.6 Å². The van der Waals surface area contributed by atoms with Crippen molar-refractivity contribution >= 4 is 5.97 Å². The lowest BCUT2D eigenvalue weighted by Crippen LogP contribution is -2.48. The summed E-state index contributed by atoms with van der Waals surface area (Å²) in [6.45, 7) is 1.07. The molecule has 1 saturated carbocycles. The van der Waals surface area contributed by atoms with Crippen molar-refractivity contribution in [3.63, 3.8) is 0 Å². The fourth-order valence-corrected chi connectivity index (χ4v) is 2.37. The van der Waals surface area contributed by atoms with E-state index in [0.29, 0.717) is 26.1 Å². The molecule has 4 heteroatoms. The maximum atomic E-state index is 11.6. The summed E-state index contributed by atoms with van der Waals surface area (Å²) in [5, 5.41) is 10.4. The average Bonchev–Trinajstić information content (AvgIpc) is 2.99. The Hall–Kier alpha value is -0.610. The minimum atomic E-state index is -0.891. The monoisotopic (exact) mass is 200 g/mol. The summed E-state index contributed by atoms with van der Waals surface area (Å²) < 4.78 is 9.95. The van der Waals surface area contributed by atoms with Gasteiger partial charge in [-0.2, -0.15) is 0 Å². The van der Waals surface area contributed by atoms with Gasteiger partial charge in [0.15, 0.2) is 0 Å². The maximum Gasteiger partial charge on any atom is 0.314 e. The lowest BCUT2D eigenvalue weighted by molar-refractivity contribution is -0.168. The van der Waals surface area contributed by atoms with Gasteiger partial charge in [0, 0.05) is 26.1 Å². The van der Waals surface area contributed by atoms with Crippen molar-refractivity contribution in [1.29, 1.82) is 0 Å². The molecule has 1 aliphatic carbocycles. The Labute approximate surface area is 83.2 Å². The Kier molecular flexibility index (Phi) is 2.27. The first-order valence-corrected chi connectivity index (χ1v) is 5.03. The van der Waals surface area contributed by atoms with E-state index in [1.54, 1.807) is 0 Å². The summed E-state index contributed by atoms with van der Waals surface area (Å²) >= 11 is 0. The van der Waals surface area contributed by atoms with Crippen molar-refractivity contribution in [3.05, 3.63) is 0 Å². The van der Waals surface area contributed by atoms with E-state index in [4.69, 9.17) is 9.47 Å². The second-order valence-electron chi connectivity index (χ2n) is 4.22. The second kappa shape index (κ2) is 3.21. The van der Waals surface area contributed by atoms with Crippen LogP contribution < -0.4 is 0 Å². The van der Waals surface area contributed by atoms with Gasteiger partial charge >= 0.3 is 5.97 Å². The van der Waals surface area contributed by atoms with Crippen LogP contribution in [0, 0.1) is 5.41 Å². The molecule has 0 atom stereocenters. The molecule has 80 valence electrons. The van der Waals surface area contributed by atoms with Crippen LogP contribution >= 0.6 is 0 Å². The van der Waals surface area contributed by atoms with Gasteiger partial charge in [0.25, 0.3) is 0 Å². The van der Waals surface area contributed by atoms with Crippen LogP contribution in [-0.4, -0.2) is 37.0 Å². The van der Waals surface area contributed by atoms with Gasteiger partial charge in [-0.15, -0.1) is 0 Å². The van der Waals surface area contributed by atoms with E-state index >= 15 is 0 Å². The first-order valence-electron chi connectivity index (χ1n) is 5.03. The minimum absolute atomic E-state index is 0.262. The first kappa shape index (κ1) is 9.93. The molecule has 2 fully saturated rings. The van der Waals surface area contributed by atoms with Crippen LogP contribution in [0.5, 0.6) is 0 Å². The third-order valence-electron chi connectivity index (χ3n) is 3.54. The Morgan fingerprint density at radius 1 is 1.29 bits per heavy atom. The van der Waals surface area contributed by atoms with Crippen LogP contribution in [0.1, 0.15) is 25.7 Å². The van der Waals surface area contributed by atoms with E-state index in [-0.39, 0.29) is 5.97 Å². The normalized spacial score (nSPS) is 28.1. The third-order valence-corrected chi connectivity index (χ3v) is 3.54. The van der Waals surface area contributed by atoms with Crippen LogP contribution in [-0.2, 0) is 14.3 Å². The number of aliphatic hydroxyl groups is 1. The van der Waals surface area contributed by atoms with Crippen molar-refractivity contribution in [2.24, 2.45) is 5.41 Å². The summed E-state index contributed by atoms with van der Waals surface area (Å²) in [6, 6.07) is 0.